The highest BCUT2D eigenvalue weighted by Gasteiger charge is 2.05. The summed E-state index contributed by atoms with van der Waals surface area (Å²) in [4.78, 5) is 4.48. The van der Waals surface area contributed by atoms with Crippen molar-refractivity contribution in [1.29, 1.82) is 0 Å². The van der Waals surface area contributed by atoms with Crippen LogP contribution in [0.3, 0.4) is 0 Å². The highest BCUT2D eigenvalue weighted by atomic mass is 32.1. The maximum absolute atomic E-state index is 9.20. The summed E-state index contributed by atoms with van der Waals surface area (Å²) in [5, 5.41) is 13.6. The van der Waals surface area contributed by atoms with Gasteiger partial charge in [-0.2, -0.15) is 0 Å². The quantitative estimate of drug-likeness (QED) is 0.784. The van der Waals surface area contributed by atoms with E-state index >= 15 is 0 Å². The predicted octanol–water partition coefficient (Wildman–Crippen LogP) is 2.95. The summed E-state index contributed by atoms with van der Waals surface area (Å²) >= 11 is 1.67. The molecule has 1 aromatic carbocycles. The molecule has 0 amide bonds. The molecular formula is C14H14N2OS. The Hall–Kier alpha value is -1.65. The van der Waals surface area contributed by atoms with Crippen LogP contribution in [0.25, 0.3) is 10.9 Å². The van der Waals surface area contributed by atoms with Gasteiger partial charge in [-0.05, 0) is 30.0 Å². The third kappa shape index (κ3) is 2.05. The van der Waals surface area contributed by atoms with Gasteiger partial charge in [0.05, 0.1) is 23.9 Å². The molecule has 92 valence electrons. The van der Waals surface area contributed by atoms with Crippen LogP contribution in [0.2, 0.25) is 0 Å². The molecule has 0 unspecified atom stereocenters. The molecule has 4 heteroatoms. The number of hydrogen-bond donors (Lipinski definition) is 1. The van der Waals surface area contributed by atoms with Crippen molar-refractivity contribution in [2.24, 2.45) is 0 Å². The van der Waals surface area contributed by atoms with E-state index in [0.29, 0.717) is 0 Å². The molecular weight excluding hydrogens is 244 g/mol. The minimum atomic E-state index is 0.0803. The average Bonchev–Trinajstić information content (AvgIpc) is 2.96. The molecule has 0 atom stereocenters. The lowest BCUT2D eigenvalue weighted by molar-refractivity contribution is 0.282. The molecule has 0 aliphatic carbocycles. The molecule has 0 aliphatic rings. The SMILES string of the molecule is Cc1nc(Cn2ccc3ccc(CO)cc32)cs1. The molecule has 3 nitrogen and oxygen atoms in total. The molecule has 0 saturated heterocycles. The normalized spacial score (nSPS) is 11.2. The Morgan fingerprint density at radius 2 is 2.22 bits per heavy atom. The molecule has 2 aromatic heterocycles. The molecule has 1 N–H and O–H groups in total. The topological polar surface area (TPSA) is 38.0 Å². The van der Waals surface area contributed by atoms with Gasteiger partial charge in [-0.3, -0.25) is 0 Å². The van der Waals surface area contributed by atoms with E-state index in [1.807, 2.05) is 25.1 Å². The third-order valence-electron chi connectivity index (χ3n) is 3.02. The van der Waals surface area contributed by atoms with E-state index in [4.69, 9.17) is 0 Å². The molecule has 0 fully saturated rings. The molecule has 18 heavy (non-hydrogen) atoms. The van der Waals surface area contributed by atoms with Crippen LogP contribution in [-0.4, -0.2) is 14.7 Å². The van der Waals surface area contributed by atoms with Crippen LogP contribution in [0.4, 0.5) is 0 Å². The fourth-order valence-corrected chi connectivity index (χ4v) is 2.72. The highest BCUT2D eigenvalue weighted by molar-refractivity contribution is 7.09. The van der Waals surface area contributed by atoms with Gasteiger partial charge in [-0.1, -0.05) is 12.1 Å². The van der Waals surface area contributed by atoms with Crippen molar-refractivity contribution >= 4 is 22.2 Å². The zero-order valence-electron chi connectivity index (χ0n) is 10.1. The summed E-state index contributed by atoms with van der Waals surface area (Å²) in [5.74, 6) is 0. The number of benzene rings is 1. The molecule has 0 saturated carbocycles. The third-order valence-corrected chi connectivity index (χ3v) is 3.84. The lowest BCUT2D eigenvalue weighted by Crippen LogP contribution is -1.98. The van der Waals surface area contributed by atoms with Gasteiger partial charge in [0, 0.05) is 17.1 Å². The minimum Gasteiger partial charge on any atom is -0.392 e. The number of aromatic nitrogens is 2. The van der Waals surface area contributed by atoms with Crippen LogP contribution in [0.1, 0.15) is 16.3 Å². The molecule has 0 bridgehead atoms. The molecule has 0 spiro atoms. The van der Waals surface area contributed by atoms with Crippen LogP contribution < -0.4 is 0 Å². The van der Waals surface area contributed by atoms with Crippen LogP contribution in [0, 0.1) is 6.92 Å². The Balaban J connectivity index is 2.01. The second-order valence-electron chi connectivity index (χ2n) is 4.35. The first-order valence-electron chi connectivity index (χ1n) is 5.86. The van der Waals surface area contributed by atoms with Gasteiger partial charge >= 0.3 is 0 Å². The van der Waals surface area contributed by atoms with E-state index in [0.717, 1.165) is 28.3 Å². The zero-order chi connectivity index (χ0) is 12.5. The van der Waals surface area contributed by atoms with Crippen molar-refractivity contribution < 1.29 is 5.11 Å². The van der Waals surface area contributed by atoms with Gasteiger partial charge in [0.25, 0.3) is 0 Å². The monoisotopic (exact) mass is 258 g/mol. The maximum atomic E-state index is 9.20. The van der Waals surface area contributed by atoms with E-state index in [9.17, 15) is 5.11 Å². The Kier molecular flexibility index (Phi) is 2.89. The number of fused-ring (bicyclic) bond motifs is 1. The van der Waals surface area contributed by atoms with E-state index in [2.05, 4.69) is 27.2 Å². The van der Waals surface area contributed by atoms with Gasteiger partial charge in [0.15, 0.2) is 0 Å². The van der Waals surface area contributed by atoms with Crippen LogP contribution >= 0.6 is 11.3 Å². The van der Waals surface area contributed by atoms with Crippen LogP contribution in [-0.2, 0) is 13.2 Å². The minimum absolute atomic E-state index is 0.0803. The van der Waals surface area contributed by atoms with Gasteiger partial charge < -0.3 is 9.67 Å². The summed E-state index contributed by atoms with van der Waals surface area (Å²) < 4.78 is 2.17. The lowest BCUT2D eigenvalue weighted by atomic mass is 10.2. The largest absolute Gasteiger partial charge is 0.392 e. The van der Waals surface area contributed by atoms with E-state index in [1.54, 1.807) is 11.3 Å². The Bertz CT molecular complexity index is 684. The van der Waals surface area contributed by atoms with Crippen LogP contribution in [0.5, 0.6) is 0 Å². The number of aryl methyl sites for hydroxylation is 1. The van der Waals surface area contributed by atoms with Gasteiger partial charge in [-0.25, -0.2) is 4.98 Å². The fourth-order valence-electron chi connectivity index (χ4n) is 2.12. The van der Waals surface area contributed by atoms with E-state index < -0.39 is 0 Å². The second kappa shape index (κ2) is 4.55. The maximum Gasteiger partial charge on any atom is 0.0898 e. The summed E-state index contributed by atoms with van der Waals surface area (Å²) in [6, 6.07) is 8.13. The Morgan fingerprint density at radius 3 is 2.94 bits per heavy atom. The van der Waals surface area contributed by atoms with E-state index in [1.165, 1.54) is 5.39 Å². The van der Waals surface area contributed by atoms with Gasteiger partial charge in [0.2, 0.25) is 0 Å². The number of thiazole rings is 1. The summed E-state index contributed by atoms with van der Waals surface area (Å²) in [6.07, 6.45) is 2.07. The number of rotatable bonds is 3. The second-order valence-corrected chi connectivity index (χ2v) is 5.42. The number of aliphatic hydroxyl groups excluding tert-OH is 1. The molecule has 2 heterocycles. The first-order chi connectivity index (χ1) is 8.76. The zero-order valence-corrected chi connectivity index (χ0v) is 10.9. The molecule has 3 rings (SSSR count). The Morgan fingerprint density at radius 1 is 1.33 bits per heavy atom. The first kappa shape index (κ1) is 11.4. The van der Waals surface area contributed by atoms with Crippen molar-refractivity contribution in [1.82, 2.24) is 9.55 Å². The molecule has 0 aliphatic heterocycles. The van der Waals surface area contributed by atoms with Crippen molar-refractivity contribution in [3.05, 3.63) is 52.1 Å². The highest BCUT2D eigenvalue weighted by Crippen LogP contribution is 2.19. The lowest BCUT2D eigenvalue weighted by Gasteiger charge is -2.04. The average molecular weight is 258 g/mol. The summed E-state index contributed by atoms with van der Waals surface area (Å²) in [7, 11) is 0. The van der Waals surface area contributed by atoms with Crippen molar-refractivity contribution in [2.75, 3.05) is 0 Å². The molecule has 0 radical (unpaired) electrons. The number of aliphatic hydroxyl groups is 1. The van der Waals surface area contributed by atoms with Gasteiger partial charge in [0.1, 0.15) is 0 Å². The van der Waals surface area contributed by atoms with Crippen molar-refractivity contribution in [2.45, 2.75) is 20.1 Å². The standard InChI is InChI=1S/C14H14N2OS/c1-10-15-13(9-18-10)7-16-5-4-12-3-2-11(8-17)6-14(12)16/h2-6,9,17H,7-8H2,1H3. The molecule has 3 aromatic rings. The van der Waals surface area contributed by atoms with Gasteiger partial charge in [-0.15, -0.1) is 11.3 Å². The number of nitrogens with zero attached hydrogens (tertiary/aromatic N) is 2. The summed E-state index contributed by atoms with van der Waals surface area (Å²) in [5.41, 5.74) is 3.17. The van der Waals surface area contributed by atoms with E-state index in [-0.39, 0.29) is 6.61 Å². The summed E-state index contributed by atoms with van der Waals surface area (Å²) in [6.45, 7) is 2.88. The fraction of sp³-hybridized carbons (Fsp3) is 0.214. The Labute approximate surface area is 109 Å². The smallest absolute Gasteiger partial charge is 0.0898 e. The van der Waals surface area contributed by atoms with Crippen LogP contribution in [0.15, 0.2) is 35.8 Å². The number of hydrogen-bond acceptors (Lipinski definition) is 3. The van der Waals surface area contributed by atoms with Crippen molar-refractivity contribution in [3.8, 4) is 0 Å². The predicted molar refractivity (Wildman–Crippen MR) is 73.8 cm³/mol. The van der Waals surface area contributed by atoms with Crippen molar-refractivity contribution in [3.63, 3.8) is 0 Å². The first-order valence-corrected chi connectivity index (χ1v) is 6.74.